The van der Waals surface area contributed by atoms with E-state index < -0.39 is 0 Å². The molecular formula is C10H8FNO. The Bertz CT molecular complexity index is 473. The molecule has 0 spiro atoms. The lowest BCUT2D eigenvalue weighted by Gasteiger charge is -1.90. The van der Waals surface area contributed by atoms with Crippen molar-refractivity contribution in [3.05, 3.63) is 35.3 Å². The molecule has 0 bridgehead atoms. The molecule has 0 saturated carbocycles. The summed E-state index contributed by atoms with van der Waals surface area (Å²) in [6, 6.07) is 4.79. The van der Waals surface area contributed by atoms with Gasteiger partial charge in [0.2, 0.25) is 0 Å². The summed E-state index contributed by atoms with van der Waals surface area (Å²) in [5.41, 5.74) is 1.65. The number of nitrogens with one attached hydrogen (secondary N) is 1. The highest BCUT2D eigenvalue weighted by Crippen LogP contribution is 2.22. The van der Waals surface area contributed by atoms with Crippen LogP contribution in [0.4, 0.5) is 4.39 Å². The number of para-hydroxylation sites is 1. The number of hydrogen-bond donors (Lipinski definition) is 1. The maximum atomic E-state index is 13.2. The molecule has 1 aromatic carbocycles. The third-order valence-electron chi connectivity index (χ3n) is 2.20. The van der Waals surface area contributed by atoms with Crippen molar-refractivity contribution < 1.29 is 9.18 Å². The first kappa shape index (κ1) is 7.98. The van der Waals surface area contributed by atoms with E-state index in [0.717, 1.165) is 10.9 Å². The largest absolute Gasteiger partial charge is 0.350 e. The van der Waals surface area contributed by atoms with Crippen LogP contribution in [0.15, 0.2) is 18.2 Å². The number of aromatic amines is 1. The number of carbonyl (C=O) groups is 1. The third-order valence-corrected chi connectivity index (χ3v) is 2.20. The van der Waals surface area contributed by atoms with Crippen LogP contribution in [0.2, 0.25) is 0 Å². The van der Waals surface area contributed by atoms with Crippen molar-refractivity contribution in [3.8, 4) is 0 Å². The van der Waals surface area contributed by atoms with Crippen LogP contribution in [0.5, 0.6) is 0 Å². The van der Waals surface area contributed by atoms with Gasteiger partial charge in [0.1, 0.15) is 5.82 Å². The number of aldehydes is 1. The van der Waals surface area contributed by atoms with Gasteiger partial charge in [0.05, 0.1) is 11.2 Å². The molecule has 0 aliphatic rings. The number of halogens is 1. The van der Waals surface area contributed by atoms with Crippen molar-refractivity contribution in [2.24, 2.45) is 0 Å². The second-order valence-electron chi connectivity index (χ2n) is 2.94. The molecule has 0 unspecified atom stereocenters. The molecule has 2 nitrogen and oxygen atoms in total. The second-order valence-corrected chi connectivity index (χ2v) is 2.94. The molecule has 0 radical (unpaired) electrons. The van der Waals surface area contributed by atoms with Gasteiger partial charge >= 0.3 is 0 Å². The van der Waals surface area contributed by atoms with Crippen LogP contribution in [0.1, 0.15) is 16.1 Å². The van der Waals surface area contributed by atoms with Crippen molar-refractivity contribution in [3.63, 3.8) is 0 Å². The minimum atomic E-state index is -0.325. The molecule has 0 aliphatic carbocycles. The number of carbonyl (C=O) groups excluding carboxylic acids is 1. The molecule has 1 aromatic heterocycles. The van der Waals surface area contributed by atoms with E-state index in [0.29, 0.717) is 17.5 Å². The van der Waals surface area contributed by atoms with E-state index in [-0.39, 0.29) is 5.82 Å². The van der Waals surface area contributed by atoms with E-state index in [1.165, 1.54) is 6.07 Å². The highest BCUT2D eigenvalue weighted by molar-refractivity contribution is 5.92. The van der Waals surface area contributed by atoms with Gasteiger partial charge in [0.15, 0.2) is 6.29 Å². The average molecular weight is 177 g/mol. The standard InChI is InChI=1S/C10H8FNO/c1-6-7-3-2-4-8(11)10(7)12-9(6)5-13/h2-5,12H,1H3. The molecule has 66 valence electrons. The Balaban J connectivity index is 2.91. The van der Waals surface area contributed by atoms with Crippen LogP contribution < -0.4 is 0 Å². The lowest BCUT2D eigenvalue weighted by atomic mass is 10.1. The summed E-state index contributed by atoms with van der Waals surface area (Å²) in [6.45, 7) is 1.79. The molecule has 0 amide bonds. The van der Waals surface area contributed by atoms with E-state index in [4.69, 9.17) is 0 Å². The predicted molar refractivity (Wildman–Crippen MR) is 48.4 cm³/mol. The van der Waals surface area contributed by atoms with Crippen LogP contribution in [-0.2, 0) is 0 Å². The van der Waals surface area contributed by atoms with Gasteiger partial charge in [0, 0.05) is 5.39 Å². The first-order chi connectivity index (χ1) is 6.24. The molecule has 2 rings (SSSR count). The number of aromatic nitrogens is 1. The Hall–Kier alpha value is -1.64. The molecule has 0 atom stereocenters. The smallest absolute Gasteiger partial charge is 0.166 e. The Morgan fingerprint density at radius 3 is 2.85 bits per heavy atom. The van der Waals surface area contributed by atoms with E-state index in [1.807, 2.05) is 0 Å². The van der Waals surface area contributed by atoms with Crippen LogP contribution in [-0.4, -0.2) is 11.3 Å². The number of rotatable bonds is 1. The van der Waals surface area contributed by atoms with Gasteiger partial charge in [-0.05, 0) is 18.6 Å². The van der Waals surface area contributed by atoms with Crippen LogP contribution >= 0.6 is 0 Å². The molecule has 0 saturated heterocycles. The van der Waals surface area contributed by atoms with Gasteiger partial charge in [-0.2, -0.15) is 0 Å². The number of hydrogen-bond acceptors (Lipinski definition) is 1. The summed E-state index contributed by atoms with van der Waals surface area (Å²) in [7, 11) is 0. The summed E-state index contributed by atoms with van der Waals surface area (Å²) in [4.78, 5) is 13.3. The van der Waals surface area contributed by atoms with Gasteiger partial charge in [-0.15, -0.1) is 0 Å². The van der Waals surface area contributed by atoms with Crippen molar-refractivity contribution in [2.75, 3.05) is 0 Å². The SMILES string of the molecule is Cc1c(C=O)[nH]c2c(F)cccc12. The van der Waals surface area contributed by atoms with Gasteiger partial charge in [-0.3, -0.25) is 4.79 Å². The monoisotopic (exact) mass is 177 g/mol. The van der Waals surface area contributed by atoms with E-state index in [2.05, 4.69) is 4.98 Å². The van der Waals surface area contributed by atoms with E-state index in [1.54, 1.807) is 19.1 Å². The number of aryl methyl sites for hydroxylation is 1. The summed E-state index contributed by atoms with van der Waals surface area (Å²) >= 11 is 0. The molecule has 1 N–H and O–H groups in total. The van der Waals surface area contributed by atoms with Crippen molar-refractivity contribution in [1.82, 2.24) is 4.98 Å². The van der Waals surface area contributed by atoms with E-state index >= 15 is 0 Å². The zero-order valence-electron chi connectivity index (χ0n) is 7.10. The lowest BCUT2D eigenvalue weighted by Crippen LogP contribution is -1.80. The van der Waals surface area contributed by atoms with Gasteiger partial charge < -0.3 is 4.98 Å². The average Bonchev–Trinajstić information content (AvgIpc) is 2.45. The third kappa shape index (κ3) is 1.04. The molecule has 2 aromatic rings. The highest BCUT2D eigenvalue weighted by Gasteiger charge is 2.08. The summed E-state index contributed by atoms with van der Waals surface area (Å²) in [5.74, 6) is -0.325. The first-order valence-corrected chi connectivity index (χ1v) is 3.96. The maximum Gasteiger partial charge on any atom is 0.166 e. The van der Waals surface area contributed by atoms with Crippen molar-refractivity contribution in [2.45, 2.75) is 6.92 Å². The van der Waals surface area contributed by atoms with Crippen molar-refractivity contribution in [1.29, 1.82) is 0 Å². The van der Waals surface area contributed by atoms with Crippen LogP contribution in [0.25, 0.3) is 10.9 Å². The molecular weight excluding hydrogens is 169 g/mol. The maximum absolute atomic E-state index is 13.2. The highest BCUT2D eigenvalue weighted by atomic mass is 19.1. The van der Waals surface area contributed by atoms with Gasteiger partial charge in [0.25, 0.3) is 0 Å². The Labute approximate surface area is 74.4 Å². The van der Waals surface area contributed by atoms with Crippen LogP contribution in [0, 0.1) is 12.7 Å². The zero-order chi connectivity index (χ0) is 9.42. The second kappa shape index (κ2) is 2.69. The molecule has 3 heteroatoms. The number of fused-ring (bicyclic) bond motifs is 1. The van der Waals surface area contributed by atoms with E-state index in [9.17, 15) is 9.18 Å². The minimum absolute atomic E-state index is 0.325. The zero-order valence-corrected chi connectivity index (χ0v) is 7.10. The Morgan fingerprint density at radius 2 is 2.23 bits per heavy atom. The topological polar surface area (TPSA) is 32.9 Å². The van der Waals surface area contributed by atoms with Gasteiger partial charge in [-0.1, -0.05) is 12.1 Å². The fourth-order valence-electron chi connectivity index (χ4n) is 1.46. The summed E-state index contributed by atoms with van der Waals surface area (Å²) in [6.07, 6.45) is 0.703. The molecule has 0 fully saturated rings. The molecule has 0 aliphatic heterocycles. The number of benzene rings is 1. The first-order valence-electron chi connectivity index (χ1n) is 3.96. The quantitative estimate of drug-likeness (QED) is 0.666. The summed E-state index contributed by atoms with van der Waals surface area (Å²) in [5, 5.41) is 0.766. The fourth-order valence-corrected chi connectivity index (χ4v) is 1.46. The number of H-pyrrole nitrogens is 1. The van der Waals surface area contributed by atoms with Gasteiger partial charge in [-0.25, -0.2) is 4.39 Å². The Morgan fingerprint density at radius 1 is 1.46 bits per heavy atom. The Kier molecular flexibility index (Phi) is 1.65. The minimum Gasteiger partial charge on any atom is -0.350 e. The fraction of sp³-hybridized carbons (Fsp3) is 0.100. The predicted octanol–water partition coefficient (Wildman–Crippen LogP) is 2.43. The lowest BCUT2D eigenvalue weighted by molar-refractivity contribution is 0.111. The summed E-state index contributed by atoms with van der Waals surface area (Å²) < 4.78 is 13.2. The normalized spacial score (nSPS) is 10.6. The van der Waals surface area contributed by atoms with Crippen LogP contribution in [0.3, 0.4) is 0 Å². The molecule has 13 heavy (non-hydrogen) atoms. The van der Waals surface area contributed by atoms with Crippen molar-refractivity contribution >= 4 is 17.2 Å². The molecule has 1 heterocycles.